The molecule has 1 fully saturated rings. The standard InChI is InChI=1S/C21H26N2O2S2/c1-15-5-2-3-7-18(15)22-21(26)23(14-17-6-4-12-27-17)16-8-9-19-20(13-16)25-11-10-24-19/h4,6,8-9,12-13,15,18H,2-3,5,7,10-11,14H2,1H3,(H,22,26)/t15-,18+/m1/s1. The highest BCUT2D eigenvalue weighted by Crippen LogP contribution is 2.35. The van der Waals surface area contributed by atoms with Crippen molar-refractivity contribution >= 4 is 34.4 Å². The first-order chi connectivity index (χ1) is 13.2. The van der Waals surface area contributed by atoms with Gasteiger partial charge in [0.05, 0.1) is 6.54 Å². The summed E-state index contributed by atoms with van der Waals surface area (Å²) in [5.74, 6) is 2.25. The Hall–Kier alpha value is -1.79. The van der Waals surface area contributed by atoms with E-state index in [1.165, 1.54) is 30.6 Å². The van der Waals surface area contributed by atoms with Crippen LogP contribution in [0.2, 0.25) is 0 Å². The molecule has 2 heterocycles. The highest BCUT2D eigenvalue weighted by atomic mass is 32.1. The molecular weight excluding hydrogens is 376 g/mol. The maximum Gasteiger partial charge on any atom is 0.174 e. The van der Waals surface area contributed by atoms with Crippen LogP contribution in [-0.4, -0.2) is 24.4 Å². The van der Waals surface area contributed by atoms with E-state index in [4.69, 9.17) is 21.7 Å². The Morgan fingerprint density at radius 3 is 2.78 bits per heavy atom. The van der Waals surface area contributed by atoms with Gasteiger partial charge in [-0.1, -0.05) is 25.8 Å². The number of thiophene rings is 1. The van der Waals surface area contributed by atoms with Crippen LogP contribution in [0.3, 0.4) is 0 Å². The molecule has 4 nitrogen and oxygen atoms in total. The van der Waals surface area contributed by atoms with E-state index in [-0.39, 0.29) is 0 Å². The van der Waals surface area contributed by atoms with Crippen molar-refractivity contribution in [2.24, 2.45) is 5.92 Å². The SMILES string of the molecule is C[C@@H]1CCCC[C@@H]1NC(=S)N(Cc1cccs1)c1ccc2c(c1)OCCO2. The van der Waals surface area contributed by atoms with Crippen LogP contribution >= 0.6 is 23.6 Å². The lowest BCUT2D eigenvalue weighted by Crippen LogP contribution is -2.47. The van der Waals surface area contributed by atoms with Crippen LogP contribution in [0.15, 0.2) is 35.7 Å². The monoisotopic (exact) mass is 402 g/mol. The van der Waals surface area contributed by atoms with Crippen molar-refractivity contribution in [2.45, 2.75) is 45.2 Å². The number of fused-ring (bicyclic) bond motifs is 1. The quantitative estimate of drug-likeness (QED) is 0.730. The molecule has 0 amide bonds. The van der Waals surface area contributed by atoms with E-state index < -0.39 is 0 Å². The number of anilines is 1. The molecule has 6 heteroatoms. The lowest BCUT2D eigenvalue weighted by molar-refractivity contribution is 0.171. The van der Waals surface area contributed by atoms with Gasteiger partial charge in [0.25, 0.3) is 0 Å². The van der Waals surface area contributed by atoms with Gasteiger partial charge in [-0.05, 0) is 54.6 Å². The van der Waals surface area contributed by atoms with Crippen LogP contribution in [-0.2, 0) is 6.54 Å². The van der Waals surface area contributed by atoms with Crippen LogP contribution < -0.4 is 19.7 Å². The van der Waals surface area contributed by atoms with Crippen molar-refractivity contribution in [3.05, 3.63) is 40.6 Å². The second-order valence-electron chi connectivity index (χ2n) is 7.31. The number of rotatable bonds is 4. The van der Waals surface area contributed by atoms with Crippen LogP contribution in [0.4, 0.5) is 5.69 Å². The molecule has 1 aliphatic carbocycles. The lowest BCUT2D eigenvalue weighted by Gasteiger charge is -2.34. The van der Waals surface area contributed by atoms with Crippen molar-refractivity contribution in [1.82, 2.24) is 5.32 Å². The third kappa shape index (κ3) is 4.38. The number of nitrogens with one attached hydrogen (secondary N) is 1. The Balaban J connectivity index is 1.57. The molecule has 1 aromatic carbocycles. The van der Waals surface area contributed by atoms with Crippen LogP contribution in [0.25, 0.3) is 0 Å². The smallest absolute Gasteiger partial charge is 0.174 e. The fraction of sp³-hybridized carbons (Fsp3) is 0.476. The minimum Gasteiger partial charge on any atom is -0.486 e. The summed E-state index contributed by atoms with van der Waals surface area (Å²) < 4.78 is 11.5. The first kappa shape index (κ1) is 18.6. The summed E-state index contributed by atoms with van der Waals surface area (Å²) in [5.41, 5.74) is 1.04. The van der Waals surface area contributed by atoms with E-state index in [1.807, 2.05) is 12.1 Å². The van der Waals surface area contributed by atoms with Gasteiger partial charge in [-0.3, -0.25) is 0 Å². The highest BCUT2D eigenvalue weighted by molar-refractivity contribution is 7.80. The third-order valence-electron chi connectivity index (χ3n) is 5.40. The average molecular weight is 403 g/mol. The van der Waals surface area contributed by atoms with Gasteiger partial charge in [-0.15, -0.1) is 11.3 Å². The first-order valence-electron chi connectivity index (χ1n) is 9.71. The Labute approximate surface area is 170 Å². The second-order valence-corrected chi connectivity index (χ2v) is 8.73. The zero-order valence-corrected chi connectivity index (χ0v) is 17.3. The van der Waals surface area contributed by atoms with Gasteiger partial charge in [-0.25, -0.2) is 0 Å². The van der Waals surface area contributed by atoms with E-state index in [9.17, 15) is 0 Å². The number of benzene rings is 1. The maximum absolute atomic E-state index is 5.87. The number of hydrogen-bond acceptors (Lipinski definition) is 4. The van der Waals surface area contributed by atoms with Crippen molar-refractivity contribution < 1.29 is 9.47 Å². The zero-order valence-electron chi connectivity index (χ0n) is 15.6. The van der Waals surface area contributed by atoms with Crippen LogP contribution in [0, 0.1) is 5.92 Å². The topological polar surface area (TPSA) is 33.7 Å². The molecule has 2 aliphatic rings. The Morgan fingerprint density at radius 2 is 2.00 bits per heavy atom. The van der Waals surface area contributed by atoms with Crippen molar-refractivity contribution in [2.75, 3.05) is 18.1 Å². The molecule has 0 unspecified atom stereocenters. The second kappa shape index (κ2) is 8.48. The average Bonchev–Trinajstić information content (AvgIpc) is 3.21. The predicted molar refractivity (Wildman–Crippen MR) is 115 cm³/mol. The van der Waals surface area contributed by atoms with E-state index >= 15 is 0 Å². The minimum absolute atomic E-state index is 0.453. The molecule has 0 bridgehead atoms. The van der Waals surface area contributed by atoms with Gasteiger partial charge in [-0.2, -0.15) is 0 Å². The minimum atomic E-state index is 0.453. The molecule has 1 aromatic heterocycles. The fourth-order valence-electron chi connectivity index (χ4n) is 3.81. The van der Waals surface area contributed by atoms with E-state index in [0.29, 0.717) is 25.2 Å². The van der Waals surface area contributed by atoms with Gasteiger partial charge in [0.1, 0.15) is 13.2 Å². The Kier molecular flexibility index (Phi) is 5.83. The summed E-state index contributed by atoms with van der Waals surface area (Å²) in [4.78, 5) is 3.46. The first-order valence-corrected chi connectivity index (χ1v) is 11.0. The molecule has 1 aliphatic heterocycles. The summed E-state index contributed by atoms with van der Waals surface area (Å²) >= 11 is 7.62. The molecular formula is C21H26N2O2S2. The van der Waals surface area contributed by atoms with Crippen LogP contribution in [0.5, 0.6) is 11.5 Å². The molecule has 2 atom stereocenters. The van der Waals surface area contributed by atoms with Crippen molar-refractivity contribution in [3.8, 4) is 11.5 Å². The summed E-state index contributed by atoms with van der Waals surface area (Å²) in [5, 5.41) is 6.55. The molecule has 1 saturated carbocycles. The highest BCUT2D eigenvalue weighted by Gasteiger charge is 2.25. The summed E-state index contributed by atoms with van der Waals surface area (Å²) in [6, 6.07) is 10.8. The van der Waals surface area contributed by atoms with Crippen molar-refractivity contribution in [3.63, 3.8) is 0 Å². The largest absolute Gasteiger partial charge is 0.486 e. The van der Waals surface area contributed by atoms with Gasteiger partial charge in [0.2, 0.25) is 0 Å². The summed E-state index contributed by atoms with van der Waals surface area (Å²) in [7, 11) is 0. The maximum atomic E-state index is 5.87. The van der Waals surface area contributed by atoms with Gasteiger partial charge >= 0.3 is 0 Å². The summed E-state index contributed by atoms with van der Waals surface area (Å²) in [6.07, 6.45) is 5.07. The number of hydrogen-bond donors (Lipinski definition) is 1. The molecule has 0 spiro atoms. The number of ether oxygens (including phenoxy) is 2. The molecule has 1 N–H and O–H groups in total. The molecule has 144 valence electrons. The van der Waals surface area contributed by atoms with Crippen LogP contribution in [0.1, 0.15) is 37.5 Å². The van der Waals surface area contributed by atoms with E-state index in [2.05, 4.69) is 40.7 Å². The third-order valence-corrected chi connectivity index (χ3v) is 6.60. The van der Waals surface area contributed by atoms with Gasteiger partial charge < -0.3 is 19.7 Å². The number of nitrogens with zero attached hydrogens (tertiary/aromatic N) is 1. The summed E-state index contributed by atoms with van der Waals surface area (Å²) in [6.45, 7) is 4.27. The van der Waals surface area contributed by atoms with E-state index in [1.54, 1.807) is 11.3 Å². The molecule has 2 aromatic rings. The molecule has 4 rings (SSSR count). The fourth-order valence-corrected chi connectivity index (χ4v) is 4.82. The van der Waals surface area contributed by atoms with Gasteiger partial charge in [0, 0.05) is 22.7 Å². The number of thiocarbonyl (C=S) groups is 1. The van der Waals surface area contributed by atoms with Gasteiger partial charge in [0.15, 0.2) is 16.6 Å². The normalized spacial score (nSPS) is 21.5. The molecule has 0 radical (unpaired) electrons. The molecule has 27 heavy (non-hydrogen) atoms. The van der Waals surface area contributed by atoms with Crippen molar-refractivity contribution in [1.29, 1.82) is 0 Å². The van der Waals surface area contributed by atoms with E-state index in [0.717, 1.165) is 28.8 Å². The zero-order chi connectivity index (χ0) is 18.6. The molecule has 0 saturated heterocycles. The Bertz CT molecular complexity index is 778. The lowest BCUT2D eigenvalue weighted by atomic mass is 9.86. The predicted octanol–water partition coefficient (Wildman–Crippen LogP) is 4.98. The Morgan fingerprint density at radius 1 is 1.19 bits per heavy atom.